The van der Waals surface area contributed by atoms with E-state index >= 15 is 0 Å². The summed E-state index contributed by atoms with van der Waals surface area (Å²) in [5.41, 5.74) is 0. The topological polar surface area (TPSA) is 87.7 Å². The van der Waals surface area contributed by atoms with Crippen molar-refractivity contribution < 1.29 is 18.4 Å². The monoisotopic (exact) mass is 387 g/mol. The molecule has 1 saturated heterocycles. The molecule has 0 aromatic carbocycles. The highest BCUT2D eigenvalue weighted by Crippen LogP contribution is 2.24. The van der Waals surface area contributed by atoms with E-state index < -0.39 is 11.9 Å². The van der Waals surface area contributed by atoms with Gasteiger partial charge in [0.1, 0.15) is 11.8 Å². The molecule has 3 heterocycles. The number of amides is 2. The van der Waals surface area contributed by atoms with Crippen molar-refractivity contribution in [1.29, 1.82) is 0 Å². The molecule has 1 fully saturated rings. The lowest BCUT2D eigenvalue weighted by atomic mass is 10.0. The summed E-state index contributed by atoms with van der Waals surface area (Å²) in [5, 5.41) is 5.79. The highest BCUT2D eigenvalue weighted by atomic mass is 16.3. The largest absolute Gasteiger partial charge is 0.468 e. The molecule has 0 saturated carbocycles. The summed E-state index contributed by atoms with van der Waals surface area (Å²) in [5.74, 6) is 0.389. The third kappa shape index (κ3) is 5.04. The number of nitrogens with zero attached hydrogens (tertiary/aromatic N) is 1. The Hall–Kier alpha value is -2.54. The maximum absolute atomic E-state index is 12.8. The van der Waals surface area contributed by atoms with E-state index in [0.717, 1.165) is 31.7 Å². The molecule has 0 aliphatic carbocycles. The van der Waals surface area contributed by atoms with Crippen molar-refractivity contribution in [2.24, 2.45) is 5.92 Å². The Morgan fingerprint density at radius 2 is 1.79 bits per heavy atom. The first-order chi connectivity index (χ1) is 13.6. The van der Waals surface area contributed by atoms with Gasteiger partial charge in [0.05, 0.1) is 18.6 Å². The van der Waals surface area contributed by atoms with E-state index in [1.54, 1.807) is 18.4 Å². The summed E-state index contributed by atoms with van der Waals surface area (Å²) in [7, 11) is 0. The van der Waals surface area contributed by atoms with Gasteiger partial charge in [-0.3, -0.25) is 14.5 Å². The predicted molar refractivity (Wildman–Crippen MR) is 105 cm³/mol. The number of carbonyl (C=O) groups excluding carboxylic acids is 2. The molecule has 2 amide bonds. The van der Waals surface area contributed by atoms with Gasteiger partial charge in [0.15, 0.2) is 5.76 Å². The van der Waals surface area contributed by atoms with Crippen LogP contribution in [-0.2, 0) is 4.79 Å². The van der Waals surface area contributed by atoms with Crippen LogP contribution in [0.15, 0.2) is 45.6 Å². The summed E-state index contributed by atoms with van der Waals surface area (Å²) in [6.45, 7) is 6.23. The van der Waals surface area contributed by atoms with Gasteiger partial charge in [-0.2, -0.15) is 0 Å². The lowest BCUT2D eigenvalue weighted by Crippen LogP contribution is -2.51. The van der Waals surface area contributed by atoms with Gasteiger partial charge < -0.3 is 19.5 Å². The molecule has 0 unspecified atom stereocenters. The first-order valence-electron chi connectivity index (χ1n) is 9.96. The molecule has 2 N–H and O–H groups in total. The number of rotatable bonds is 8. The molecule has 1 aliphatic heterocycles. The number of nitrogens with one attached hydrogen (secondary N) is 2. The molecule has 2 aromatic heterocycles. The third-order valence-electron chi connectivity index (χ3n) is 5.15. The molecule has 0 radical (unpaired) electrons. The predicted octanol–water partition coefficient (Wildman–Crippen LogP) is 2.97. The number of hydrogen-bond donors (Lipinski definition) is 2. The number of furan rings is 2. The van der Waals surface area contributed by atoms with Crippen molar-refractivity contribution in [3.63, 3.8) is 0 Å². The van der Waals surface area contributed by atoms with E-state index in [-0.39, 0.29) is 23.6 Å². The second kappa shape index (κ2) is 9.59. The molecule has 28 heavy (non-hydrogen) atoms. The molecular formula is C21H29N3O4. The first-order valence-corrected chi connectivity index (χ1v) is 9.96. The smallest absolute Gasteiger partial charge is 0.287 e. The van der Waals surface area contributed by atoms with Gasteiger partial charge in [-0.15, -0.1) is 0 Å². The van der Waals surface area contributed by atoms with Gasteiger partial charge in [-0.1, -0.05) is 20.3 Å². The van der Waals surface area contributed by atoms with E-state index in [1.807, 2.05) is 26.0 Å². The SMILES string of the molecule is CC(C)[C@H](NC(=O)c1ccco1)C(=O)NC[C@@H](c1ccco1)N1CCCCC1. The molecular weight excluding hydrogens is 358 g/mol. The summed E-state index contributed by atoms with van der Waals surface area (Å²) in [4.78, 5) is 27.5. The number of likely N-dealkylation sites (tertiary alicyclic amines) is 1. The minimum absolute atomic E-state index is 0.00663. The lowest BCUT2D eigenvalue weighted by molar-refractivity contribution is -0.124. The molecule has 1 aliphatic rings. The fourth-order valence-electron chi connectivity index (χ4n) is 3.58. The Morgan fingerprint density at radius 3 is 2.39 bits per heavy atom. The normalized spacial score (nSPS) is 17.2. The molecule has 2 atom stereocenters. The van der Waals surface area contributed by atoms with E-state index in [2.05, 4.69) is 15.5 Å². The van der Waals surface area contributed by atoms with E-state index in [9.17, 15) is 9.59 Å². The second-order valence-electron chi connectivity index (χ2n) is 7.55. The molecule has 152 valence electrons. The van der Waals surface area contributed by atoms with Crippen molar-refractivity contribution in [2.75, 3.05) is 19.6 Å². The summed E-state index contributed by atoms with van der Waals surface area (Å²) in [6, 6.07) is 6.39. The van der Waals surface area contributed by atoms with E-state index in [4.69, 9.17) is 8.83 Å². The third-order valence-corrected chi connectivity index (χ3v) is 5.15. The molecule has 0 spiro atoms. The van der Waals surface area contributed by atoms with Crippen LogP contribution in [0.5, 0.6) is 0 Å². The zero-order valence-corrected chi connectivity index (χ0v) is 16.5. The zero-order chi connectivity index (χ0) is 19.9. The minimum atomic E-state index is -0.642. The van der Waals surface area contributed by atoms with Crippen molar-refractivity contribution >= 4 is 11.8 Å². The Bertz CT molecular complexity index is 734. The van der Waals surface area contributed by atoms with E-state index in [1.165, 1.54) is 12.7 Å². The summed E-state index contributed by atoms with van der Waals surface area (Å²) in [6.07, 6.45) is 6.64. The fraction of sp³-hybridized carbons (Fsp3) is 0.524. The zero-order valence-electron chi connectivity index (χ0n) is 16.5. The van der Waals surface area contributed by atoms with Crippen LogP contribution >= 0.6 is 0 Å². The van der Waals surface area contributed by atoms with Crippen LogP contribution in [0.1, 0.15) is 55.5 Å². The summed E-state index contributed by atoms with van der Waals surface area (Å²) >= 11 is 0. The maximum atomic E-state index is 12.8. The van der Waals surface area contributed by atoms with Crippen LogP contribution in [0.2, 0.25) is 0 Å². The van der Waals surface area contributed by atoms with Crippen molar-refractivity contribution in [2.45, 2.75) is 45.2 Å². The maximum Gasteiger partial charge on any atom is 0.287 e. The van der Waals surface area contributed by atoms with E-state index in [0.29, 0.717) is 6.54 Å². The molecule has 2 aromatic rings. The Morgan fingerprint density at radius 1 is 1.07 bits per heavy atom. The average Bonchev–Trinajstić information content (AvgIpc) is 3.40. The minimum Gasteiger partial charge on any atom is -0.468 e. The van der Waals surface area contributed by atoms with Crippen LogP contribution in [0.25, 0.3) is 0 Å². The molecule has 7 nitrogen and oxygen atoms in total. The van der Waals surface area contributed by atoms with Crippen LogP contribution in [-0.4, -0.2) is 42.4 Å². The summed E-state index contributed by atoms with van der Waals surface area (Å²) < 4.78 is 10.7. The Kier molecular flexibility index (Phi) is 6.92. The van der Waals surface area contributed by atoms with Gasteiger partial charge in [0.25, 0.3) is 5.91 Å². The van der Waals surface area contributed by atoms with Crippen molar-refractivity contribution in [3.8, 4) is 0 Å². The quantitative estimate of drug-likeness (QED) is 0.727. The van der Waals surface area contributed by atoms with Gasteiger partial charge in [-0.05, 0) is 56.1 Å². The van der Waals surface area contributed by atoms with Gasteiger partial charge in [0, 0.05) is 6.54 Å². The standard InChI is InChI=1S/C21H29N3O4/c1-15(2)19(23-20(25)18-9-7-13-28-18)21(26)22-14-16(17-8-6-12-27-17)24-10-4-3-5-11-24/h6-9,12-13,15-16,19H,3-5,10-11,14H2,1-2H3,(H,22,26)(H,23,25)/t16-,19-/m0/s1. The number of hydrogen-bond acceptors (Lipinski definition) is 5. The van der Waals surface area contributed by atoms with Gasteiger partial charge >= 0.3 is 0 Å². The number of piperidine rings is 1. The Balaban J connectivity index is 1.63. The van der Waals surface area contributed by atoms with Crippen molar-refractivity contribution in [3.05, 3.63) is 48.3 Å². The molecule has 0 bridgehead atoms. The average molecular weight is 387 g/mol. The van der Waals surface area contributed by atoms with Crippen LogP contribution < -0.4 is 10.6 Å². The second-order valence-corrected chi connectivity index (χ2v) is 7.55. The van der Waals surface area contributed by atoms with Gasteiger partial charge in [-0.25, -0.2) is 0 Å². The van der Waals surface area contributed by atoms with Crippen molar-refractivity contribution in [1.82, 2.24) is 15.5 Å². The Labute approximate surface area is 165 Å². The van der Waals surface area contributed by atoms with Crippen LogP contribution in [0.4, 0.5) is 0 Å². The fourth-order valence-corrected chi connectivity index (χ4v) is 3.58. The highest BCUT2D eigenvalue weighted by molar-refractivity contribution is 5.95. The first kappa shape index (κ1) is 20.2. The molecule has 7 heteroatoms. The van der Waals surface area contributed by atoms with Gasteiger partial charge in [0.2, 0.25) is 5.91 Å². The molecule has 3 rings (SSSR count). The number of carbonyl (C=O) groups is 2. The highest BCUT2D eigenvalue weighted by Gasteiger charge is 2.29. The van der Waals surface area contributed by atoms with Crippen LogP contribution in [0, 0.1) is 5.92 Å². The lowest BCUT2D eigenvalue weighted by Gasteiger charge is -2.34. The van der Waals surface area contributed by atoms with Crippen LogP contribution in [0.3, 0.4) is 0 Å².